The summed E-state index contributed by atoms with van der Waals surface area (Å²) in [5.74, 6) is 1.86. The second-order valence-electron chi connectivity index (χ2n) is 7.77. The van der Waals surface area contributed by atoms with Gasteiger partial charge in [0, 0.05) is 0 Å². The number of rotatable bonds is 4. The summed E-state index contributed by atoms with van der Waals surface area (Å²) in [5, 5.41) is 0.0107. The van der Waals surface area contributed by atoms with Crippen molar-refractivity contribution in [2.45, 2.75) is 83.3 Å². The van der Waals surface area contributed by atoms with Crippen LogP contribution < -0.4 is 0 Å². The molecule has 1 aliphatic heterocycles. The maximum Gasteiger partial charge on any atom is 0.194 e. The van der Waals surface area contributed by atoms with Crippen molar-refractivity contribution in [1.29, 1.82) is 0 Å². The molecule has 0 aromatic carbocycles. The zero-order chi connectivity index (χ0) is 16.7. The molecule has 1 saturated heterocycles. The van der Waals surface area contributed by atoms with Crippen molar-refractivity contribution in [2.24, 2.45) is 0 Å². The molecule has 0 bridgehead atoms. The Kier molecular flexibility index (Phi) is 4.82. The van der Waals surface area contributed by atoms with Crippen LogP contribution >= 0.6 is 0 Å². The van der Waals surface area contributed by atoms with Crippen LogP contribution in [0.1, 0.15) is 41.5 Å². The SMILES string of the molecule is C#C[C@@](C)(O[Si](C)(C)C(C)(C)C)[C@@H]1OC(C)(C)O[C@@H]1C=O. The molecule has 3 atom stereocenters. The van der Waals surface area contributed by atoms with Crippen molar-refractivity contribution < 1.29 is 18.7 Å². The lowest BCUT2D eigenvalue weighted by molar-refractivity contribution is -0.159. The lowest BCUT2D eigenvalue weighted by atomic mass is 9.96. The minimum Gasteiger partial charge on any atom is -0.399 e. The molecule has 0 aromatic heterocycles. The van der Waals surface area contributed by atoms with Crippen LogP contribution in [0.25, 0.3) is 0 Å². The first-order chi connectivity index (χ1) is 9.28. The molecular formula is C16H28O4Si. The molecule has 0 spiro atoms. The molecule has 1 heterocycles. The van der Waals surface area contributed by atoms with E-state index < -0.39 is 31.9 Å². The van der Waals surface area contributed by atoms with Gasteiger partial charge in [0.2, 0.25) is 0 Å². The van der Waals surface area contributed by atoms with Crippen LogP contribution in [0, 0.1) is 12.3 Å². The number of hydrogen-bond acceptors (Lipinski definition) is 4. The van der Waals surface area contributed by atoms with Gasteiger partial charge in [0.1, 0.15) is 17.8 Å². The fourth-order valence-corrected chi connectivity index (χ4v) is 3.71. The monoisotopic (exact) mass is 312 g/mol. The first-order valence-corrected chi connectivity index (χ1v) is 10.2. The molecule has 1 fully saturated rings. The van der Waals surface area contributed by atoms with Gasteiger partial charge in [-0.3, -0.25) is 0 Å². The second kappa shape index (κ2) is 5.51. The summed E-state index contributed by atoms with van der Waals surface area (Å²) >= 11 is 0. The van der Waals surface area contributed by atoms with Gasteiger partial charge in [-0.05, 0) is 38.9 Å². The minimum atomic E-state index is -2.11. The first kappa shape index (κ1) is 18.4. The van der Waals surface area contributed by atoms with Crippen molar-refractivity contribution >= 4 is 14.6 Å². The lowest BCUT2D eigenvalue weighted by Gasteiger charge is -2.44. The van der Waals surface area contributed by atoms with Crippen molar-refractivity contribution in [3.8, 4) is 12.3 Å². The summed E-state index contributed by atoms with van der Waals surface area (Å²) in [5.41, 5.74) is -0.998. The molecule has 0 unspecified atom stereocenters. The highest BCUT2D eigenvalue weighted by Gasteiger charge is 2.54. The summed E-state index contributed by atoms with van der Waals surface area (Å²) in [6.07, 6.45) is 5.15. The third kappa shape index (κ3) is 3.75. The molecule has 21 heavy (non-hydrogen) atoms. The van der Waals surface area contributed by atoms with Gasteiger partial charge in [-0.2, -0.15) is 0 Å². The van der Waals surface area contributed by atoms with E-state index in [0.29, 0.717) is 0 Å². The predicted octanol–water partition coefficient (Wildman–Crippen LogP) is 3.12. The van der Waals surface area contributed by atoms with Crippen molar-refractivity contribution in [2.75, 3.05) is 0 Å². The number of terminal acetylenes is 1. The Hall–Kier alpha value is -0.673. The smallest absolute Gasteiger partial charge is 0.194 e. The van der Waals surface area contributed by atoms with E-state index in [0.717, 1.165) is 6.29 Å². The summed E-state index contributed by atoms with van der Waals surface area (Å²) in [6, 6.07) is 0. The van der Waals surface area contributed by atoms with Crippen LogP contribution in [0.15, 0.2) is 0 Å². The van der Waals surface area contributed by atoms with Crippen molar-refractivity contribution in [3.63, 3.8) is 0 Å². The van der Waals surface area contributed by atoms with E-state index in [1.807, 2.05) is 0 Å². The summed E-state index contributed by atoms with van der Waals surface area (Å²) in [6.45, 7) is 16.0. The second-order valence-corrected chi connectivity index (χ2v) is 12.5. The molecule has 4 nitrogen and oxygen atoms in total. The Morgan fingerprint density at radius 2 is 1.76 bits per heavy atom. The quantitative estimate of drug-likeness (QED) is 0.454. The number of carbonyl (C=O) groups excluding carboxylic acids is 1. The standard InChI is InChI=1S/C16H28O4Si/c1-10-16(7,20-21(8,9)14(2,3)4)13-12(11-17)18-15(5,6)19-13/h1,11-13H,2-9H3/t12-,13-,16-/m1/s1. The van der Waals surface area contributed by atoms with Crippen molar-refractivity contribution in [3.05, 3.63) is 0 Å². The fraction of sp³-hybridized carbons (Fsp3) is 0.812. The van der Waals surface area contributed by atoms with E-state index in [1.54, 1.807) is 20.8 Å². The fourth-order valence-electron chi connectivity index (χ4n) is 2.17. The largest absolute Gasteiger partial charge is 0.399 e. The Bertz CT molecular complexity index is 444. The van der Waals surface area contributed by atoms with E-state index in [-0.39, 0.29) is 5.04 Å². The van der Waals surface area contributed by atoms with Crippen LogP contribution in [0.3, 0.4) is 0 Å². The van der Waals surface area contributed by atoms with Gasteiger partial charge in [-0.25, -0.2) is 0 Å². The zero-order valence-electron chi connectivity index (χ0n) is 14.4. The van der Waals surface area contributed by atoms with Gasteiger partial charge in [0.15, 0.2) is 20.4 Å². The molecule has 120 valence electrons. The molecule has 0 N–H and O–H groups in total. The number of hydrogen-bond donors (Lipinski definition) is 0. The van der Waals surface area contributed by atoms with Crippen LogP contribution in [0.2, 0.25) is 18.1 Å². The van der Waals surface area contributed by atoms with E-state index >= 15 is 0 Å². The maximum absolute atomic E-state index is 11.3. The molecule has 0 aliphatic carbocycles. The van der Waals surface area contributed by atoms with Gasteiger partial charge >= 0.3 is 0 Å². The first-order valence-electron chi connectivity index (χ1n) is 7.27. The van der Waals surface area contributed by atoms with Gasteiger partial charge in [-0.15, -0.1) is 6.42 Å². The highest BCUT2D eigenvalue weighted by atomic mass is 28.4. The summed E-state index contributed by atoms with van der Waals surface area (Å²) < 4.78 is 17.9. The van der Waals surface area contributed by atoms with E-state index in [1.165, 1.54) is 0 Å². The zero-order valence-corrected chi connectivity index (χ0v) is 15.4. The molecule has 0 aromatic rings. The van der Waals surface area contributed by atoms with Gasteiger partial charge in [0.05, 0.1) is 0 Å². The van der Waals surface area contributed by atoms with Crippen LogP contribution in [-0.2, 0) is 18.7 Å². The van der Waals surface area contributed by atoms with Gasteiger partial charge < -0.3 is 18.7 Å². The normalized spacial score (nSPS) is 28.7. The average molecular weight is 312 g/mol. The third-order valence-corrected chi connectivity index (χ3v) is 8.91. The van der Waals surface area contributed by atoms with E-state index in [9.17, 15) is 4.79 Å². The molecule has 0 radical (unpaired) electrons. The van der Waals surface area contributed by atoms with Gasteiger partial charge in [0.25, 0.3) is 0 Å². The molecule has 1 rings (SSSR count). The average Bonchev–Trinajstić information content (AvgIpc) is 2.63. The van der Waals surface area contributed by atoms with Crippen LogP contribution in [-0.4, -0.2) is 38.2 Å². The van der Waals surface area contributed by atoms with Crippen LogP contribution in [0.5, 0.6) is 0 Å². The van der Waals surface area contributed by atoms with Crippen molar-refractivity contribution in [1.82, 2.24) is 0 Å². The highest BCUT2D eigenvalue weighted by molar-refractivity contribution is 6.74. The minimum absolute atomic E-state index is 0.0107. The van der Waals surface area contributed by atoms with Crippen LogP contribution in [0.4, 0.5) is 0 Å². The number of carbonyl (C=O) groups is 1. The Balaban J connectivity index is 3.11. The Morgan fingerprint density at radius 3 is 2.14 bits per heavy atom. The lowest BCUT2D eigenvalue weighted by Crippen LogP contribution is -2.55. The predicted molar refractivity (Wildman–Crippen MR) is 85.4 cm³/mol. The molecule has 0 saturated carbocycles. The number of aldehydes is 1. The summed E-state index contributed by atoms with van der Waals surface area (Å²) in [7, 11) is -2.11. The summed E-state index contributed by atoms with van der Waals surface area (Å²) in [4.78, 5) is 11.3. The number of ether oxygens (including phenoxy) is 2. The molecule has 0 amide bonds. The third-order valence-electron chi connectivity index (χ3n) is 4.37. The molecule has 5 heteroatoms. The van der Waals surface area contributed by atoms with E-state index in [2.05, 4.69) is 39.8 Å². The topological polar surface area (TPSA) is 44.8 Å². The molecule has 1 aliphatic rings. The van der Waals surface area contributed by atoms with E-state index in [4.69, 9.17) is 20.3 Å². The van der Waals surface area contributed by atoms with Gasteiger partial charge in [-0.1, -0.05) is 26.7 Å². The Morgan fingerprint density at radius 1 is 1.24 bits per heavy atom. The Labute approximate surface area is 129 Å². The maximum atomic E-state index is 11.3. The highest BCUT2D eigenvalue weighted by Crippen LogP contribution is 2.42. The molecular weight excluding hydrogens is 284 g/mol.